The van der Waals surface area contributed by atoms with Crippen LogP contribution in [0.15, 0.2) is 24.3 Å². The first-order valence-corrected chi connectivity index (χ1v) is 4.51. The number of nitrogens with one attached hydrogen (secondary N) is 1. The number of benzene rings is 1. The Bertz CT molecular complexity index is 357. The lowest BCUT2D eigenvalue weighted by Crippen LogP contribution is -2.21. The minimum atomic E-state index is 0.710. The zero-order valence-corrected chi connectivity index (χ0v) is 7.97. The molecular weight excluding hydrogens is 186 g/mol. The second kappa shape index (κ2) is 2.92. The monoisotopic (exact) mass is 193 g/mol. The summed E-state index contributed by atoms with van der Waals surface area (Å²) in [6.07, 6.45) is 0.710. The molecule has 0 unspecified atom stereocenters. The molecule has 0 bridgehead atoms. The standard InChI is InChI=1S/C9H7NS2/c11-8-5-9(12)10-7-4-2-1-3-6(7)8/h1-4H,5H2,(H,10,12). The van der Waals surface area contributed by atoms with Gasteiger partial charge in [-0.3, -0.25) is 0 Å². The number of hydrogen-bond acceptors (Lipinski definition) is 2. The van der Waals surface area contributed by atoms with Crippen molar-refractivity contribution in [2.45, 2.75) is 6.42 Å². The van der Waals surface area contributed by atoms with Crippen LogP contribution in [0.1, 0.15) is 12.0 Å². The van der Waals surface area contributed by atoms with Crippen LogP contribution in [0.5, 0.6) is 0 Å². The largest absolute Gasteiger partial charge is 0.349 e. The molecule has 0 fully saturated rings. The van der Waals surface area contributed by atoms with Gasteiger partial charge in [-0.1, -0.05) is 42.6 Å². The van der Waals surface area contributed by atoms with Crippen molar-refractivity contribution < 1.29 is 0 Å². The fraction of sp³-hybridized carbons (Fsp3) is 0.111. The number of hydrogen-bond donors (Lipinski definition) is 1. The Labute approximate surface area is 81.8 Å². The average Bonchev–Trinajstić information content (AvgIpc) is 2.04. The van der Waals surface area contributed by atoms with Crippen molar-refractivity contribution in [1.29, 1.82) is 0 Å². The molecule has 0 aliphatic carbocycles. The van der Waals surface area contributed by atoms with E-state index in [1.165, 1.54) is 0 Å². The molecule has 0 spiro atoms. The van der Waals surface area contributed by atoms with E-state index < -0.39 is 0 Å². The molecule has 1 aliphatic heterocycles. The molecule has 1 aromatic carbocycles. The van der Waals surface area contributed by atoms with Crippen molar-refractivity contribution in [2.75, 3.05) is 5.32 Å². The minimum absolute atomic E-state index is 0.710. The molecule has 0 amide bonds. The number of fused-ring (bicyclic) bond motifs is 1. The molecular formula is C9H7NS2. The van der Waals surface area contributed by atoms with Gasteiger partial charge in [0.15, 0.2) is 0 Å². The zero-order valence-electron chi connectivity index (χ0n) is 6.33. The summed E-state index contributed by atoms with van der Waals surface area (Å²) in [6, 6.07) is 7.98. The zero-order chi connectivity index (χ0) is 8.55. The summed E-state index contributed by atoms with van der Waals surface area (Å²) in [5.41, 5.74) is 2.15. The van der Waals surface area contributed by atoms with Gasteiger partial charge in [0.1, 0.15) is 0 Å². The van der Waals surface area contributed by atoms with E-state index >= 15 is 0 Å². The third-order valence-corrected chi connectivity index (χ3v) is 2.43. The third kappa shape index (κ3) is 1.26. The summed E-state index contributed by atoms with van der Waals surface area (Å²) in [5.74, 6) is 0. The van der Waals surface area contributed by atoms with E-state index in [0.717, 1.165) is 21.1 Å². The van der Waals surface area contributed by atoms with E-state index in [1.807, 2.05) is 24.3 Å². The topological polar surface area (TPSA) is 12.0 Å². The van der Waals surface area contributed by atoms with Crippen LogP contribution in [0.3, 0.4) is 0 Å². The van der Waals surface area contributed by atoms with Crippen LogP contribution in [0.4, 0.5) is 5.69 Å². The molecule has 60 valence electrons. The molecule has 12 heavy (non-hydrogen) atoms. The highest BCUT2D eigenvalue weighted by atomic mass is 32.1. The van der Waals surface area contributed by atoms with Crippen molar-refractivity contribution in [3.05, 3.63) is 29.8 Å². The summed E-state index contributed by atoms with van der Waals surface area (Å²) < 4.78 is 0. The summed E-state index contributed by atoms with van der Waals surface area (Å²) in [4.78, 5) is 1.76. The molecule has 0 saturated carbocycles. The van der Waals surface area contributed by atoms with Gasteiger partial charge < -0.3 is 5.32 Å². The van der Waals surface area contributed by atoms with Crippen molar-refractivity contribution in [3.63, 3.8) is 0 Å². The Morgan fingerprint density at radius 3 is 2.75 bits per heavy atom. The van der Waals surface area contributed by atoms with Gasteiger partial charge in [-0.2, -0.15) is 0 Å². The second-order valence-electron chi connectivity index (χ2n) is 2.69. The van der Waals surface area contributed by atoms with Gasteiger partial charge in [0.2, 0.25) is 0 Å². The van der Waals surface area contributed by atoms with E-state index in [9.17, 15) is 0 Å². The first-order valence-electron chi connectivity index (χ1n) is 3.69. The average molecular weight is 193 g/mol. The molecule has 1 heterocycles. The number of para-hydroxylation sites is 1. The lowest BCUT2D eigenvalue weighted by atomic mass is 10.0. The quantitative estimate of drug-likeness (QED) is 0.636. The predicted octanol–water partition coefficient (Wildman–Crippen LogP) is 2.55. The fourth-order valence-electron chi connectivity index (χ4n) is 1.27. The van der Waals surface area contributed by atoms with Crippen molar-refractivity contribution in [1.82, 2.24) is 0 Å². The van der Waals surface area contributed by atoms with E-state index in [-0.39, 0.29) is 0 Å². The Kier molecular flexibility index (Phi) is 1.90. The second-order valence-corrected chi connectivity index (χ2v) is 3.68. The Morgan fingerprint density at radius 2 is 1.92 bits per heavy atom. The lowest BCUT2D eigenvalue weighted by Gasteiger charge is -2.18. The number of anilines is 1. The molecule has 2 rings (SSSR count). The van der Waals surface area contributed by atoms with Crippen molar-refractivity contribution in [2.24, 2.45) is 0 Å². The van der Waals surface area contributed by atoms with Gasteiger partial charge in [-0.15, -0.1) is 0 Å². The third-order valence-electron chi connectivity index (χ3n) is 1.82. The van der Waals surface area contributed by atoms with Crippen LogP contribution < -0.4 is 5.32 Å². The van der Waals surface area contributed by atoms with Crippen molar-refractivity contribution >= 4 is 40.0 Å². The van der Waals surface area contributed by atoms with Gasteiger partial charge in [-0.05, 0) is 6.07 Å². The highest BCUT2D eigenvalue weighted by molar-refractivity contribution is 7.82. The molecule has 0 radical (unpaired) electrons. The van der Waals surface area contributed by atoms with Gasteiger partial charge in [0.25, 0.3) is 0 Å². The molecule has 1 aromatic rings. The molecule has 1 nitrogen and oxygen atoms in total. The van der Waals surface area contributed by atoms with E-state index in [4.69, 9.17) is 24.4 Å². The van der Waals surface area contributed by atoms with E-state index in [2.05, 4.69) is 5.32 Å². The van der Waals surface area contributed by atoms with Crippen LogP contribution in [-0.4, -0.2) is 9.85 Å². The van der Waals surface area contributed by atoms with Crippen LogP contribution in [0, 0.1) is 0 Å². The maximum absolute atomic E-state index is 5.21. The van der Waals surface area contributed by atoms with E-state index in [1.54, 1.807) is 0 Å². The molecule has 3 heteroatoms. The predicted molar refractivity (Wildman–Crippen MR) is 59.0 cm³/mol. The molecule has 1 N–H and O–H groups in total. The van der Waals surface area contributed by atoms with Crippen molar-refractivity contribution in [3.8, 4) is 0 Å². The first-order chi connectivity index (χ1) is 5.77. The Balaban J connectivity index is 2.54. The maximum atomic E-state index is 5.21. The first kappa shape index (κ1) is 7.83. The summed E-state index contributed by atoms with van der Waals surface area (Å²) >= 11 is 10.3. The van der Waals surface area contributed by atoms with Gasteiger partial charge in [0.05, 0.1) is 4.99 Å². The summed E-state index contributed by atoms with van der Waals surface area (Å²) in [6.45, 7) is 0. The molecule has 0 aromatic heterocycles. The normalized spacial score (nSPS) is 15.3. The minimum Gasteiger partial charge on any atom is -0.349 e. The molecule has 0 atom stereocenters. The van der Waals surface area contributed by atoms with Crippen LogP contribution in [0.25, 0.3) is 0 Å². The van der Waals surface area contributed by atoms with Gasteiger partial charge >= 0.3 is 0 Å². The summed E-state index contributed by atoms with van der Waals surface area (Å²) in [5, 5.41) is 3.13. The van der Waals surface area contributed by atoms with Gasteiger partial charge in [0, 0.05) is 22.5 Å². The molecule has 1 aliphatic rings. The fourth-order valence-corrected chi connectivity index (χ4v) is 1.94. The molecule has 0 saturated heterocycles. The van der Waals surface area contributed by atoms with E-state index in [0.29, 0.717) is 6.42 Å². The Morgan fingerprint density at radius 1 is 1.17 bits per heavy atom. The number of thiocarbonyl (C=S) groups is 2. The highest BCUT2D eigenvalue weighted by Crippen LogP contribution is 2.22. The highest BCUT2D eigenvalue weighted by Gasteiger charge is 2.15. The van der Waals surface area contributed by atoms with Gasteiger partial charge in [-0.25, -0.2) is 0 Å². The van der Waals surface area contributed by atoms with Crippen LogP contribution in [-0.2, 0) is 0 Å². The van der Waals surface area contributed by atoms with Crippen LogP contribution in [0.2, 0.25) is 0 Å². The lowest BCUT2D eigenvalue weighted by molar-refractivity contribution is 1.49. The summed E-state index contributed by atoms with van der Waals surface area (Å²) in [7, 11) is 0. The Hall–Kier alpha value is -0.800. The SMILES string of the molecule is S=C1CC(=S)c2ccccc2N1. The van der Waals surface area contributed by atoms with Crippen LogP contribution >= 0.6 is 24.4 Å². The smallest absolute Gasteiger partial charge is 0.0850 e. The maximum Gasteiger partial charge on any atom is 0.0850 e. The number of rotatable bonds is 0.